The molecular weight excluding hydrogens is 316 g/mol. The van der Waals surface area contributed by atoms with Crippen LogP contribution in [-0.4, -0.2) is 18.5 Å². The SMILES string of the molecule is Cc1cccc(/C=C/C(=O)OCC(=O)Nc2cc(F)ccc2F)c1. The first-order chi connectivity index (χ1) is 11.4. The minimum absolute atomic E-state index is 0.314. The molecule has 0 aliphatic heterocycles. The third-order valence-electron chi connectivity index (χ3n) is 3.00. The molecule has 0 radical (unpaired) electrons. The van der Waals surface area contributed by atoms with Gasteiger partial charge in [-0.2, -0.15) is 0 Å². The molecule has 1 N–H and O–H groups in total. The van der Waals surface area contributed by atoms with Crippen molar-refractivity contribution >= 4 is 23.6 Å². The molecule has 2 rings (SSSR count). The number of carbonyl (C=O) groups excluding carboxylic acids is 2. The summed E-state index contributed by atoms with van der Waals surface area (Å²) in [7, 11) is 0. The number of benzene rings is 2. The smallest absolute Gasteiger partial charge is 0.331 e. The van der Waals surface area contributed by atoms with Crippen LogP contribution in [0.1, 0.15) is 11.1 Å². The maximum absolute atomic E-state index is 13.4. The van der Waals surface area contributed by atoms with E-state index in [1.54, 1.807) is 6.08 Å². The fraction of sp³-hybridized carbons (Fsp3) is 0.111. The van der Waals surface area contributed by atoms with Gasteiger partial charge in [0.05, 0.1) is 5.69 Å². The first kappa shape index (κ1) is 17.3. The fourth-order valence-electron chi connectivity index (χ4n) is 1.90. The molecule has 124 valence electrons. The first-order valence-electron chi connectivity index (χ1n) is 7.10. The Morgan fingerprint density at radius 2 is 1.96 bits per heavy atom. The lowest BCUT2D eigenvalue weighted by atomic mass is 10.1. The van der Waals surface area contributed by atoms with Crippen LogP contribution in [0.25, 0.3) is 6.08 Å². The van der Waals surface area contributed by atoms with Gasteiger partial charge in [0.15, 0.2) is 6.61 Å². The lowest BCUT2D eigenvalue weighted by molar-refractivity contribution is -0.142. The number of esters is 1. The highest BCUT2D eigenvalue weighted by Crippen LogP contribution is 2.15. The van der Waals surface area contributed by atoms with E-state index in [1.165, 1.54) is 6.08 Å². The van der Waals surface area contributed by atoms with Crippen molar-refractivity contribution in [3.8, 4) is 0 Å². The second-order valence-electron chi connectivity index (χ2n) is 5.03. The molecular formula is C18H15F2NO3. The minimum Gasteiger partial charge on any atom is -0.452 e. The normalized spacial score (nSPS) is 10.6. The Bertz CT molecular complexity index is 788. The molecule has 0 heterocycles. The van der Waals surface area contributed by atoms with Crippen molar-refractivity contribution in [2.24, 2.45) is 0 Å². The molecule has 2 aromatic rings. The van der Waals surface area contributed by atoms with Gasteiger partial charge in [-0.1, -0.05) is 29.8 Å². The van der Waals surface area contributed by atoms with Crippen molar-refractivity contribution < 1.29 is 23.1 Å². The number of amides is 1. The number of hydrogen-bond acceptors (Lipinski definition) is 3. The predicted octanol–water partition coefficient (Wildman–Crippen LogP) is 3.47. The summed E-state index contributed by atoms with van der Waals surface area (Å²) in [5.41, 5.74) is 1.55. The van der Waals surface area contributed by atoms with Crippen molar-refractivity contribution in [1.82, 2.24) is 0 Å². The van der Waals surface area contributed by atoms with E-state index in [-0.39, 0.29) is 5.69 Å². The zero-order valence-corrected chi connectivity index (χ0v) is 12.9. The summed E-state index contributed by atoms with van der Waals surface area (Å²) in [4.78, 5) is 23.2. The van der Waals surface area contributed by atoms with Gasteiger partial charge < -0.3 is 10.1 Å². The molecule has 1 amide bonds. The molecule has 0 saturated carbocycles. The van der Waals surface area contributed by atoms with Crippen LogP contribution in [0.3, 0.4) is 0 Å². The Morgan fingerprint density at radius 1 is 1.17 bits per heavy atom. The lowest BCUT2D eigenvalue weighted by Crippen LogP contribution is -2.20. The van der Waals surface area contributed by atoms with Gasteiger partial charge in [-0.25, -0.2) is 13.6 Å². The van der Waals surface area contributed by atoms with Gasteiger partial charge in [0.2, 0.25) is 0 Å². The van der Waals surface area contributed by atoms with Crippen LogP contribution in [0.4, 0.5) is 14.5 Å². The van der Waals surface area contributed by atoms with Crippen molar-refractivity contribution in [2.45, 2.75) is 6.92 Å². The summed E-state index contributed by atoms with van der Waals surface area (Å²) >= 11 is 0. The van der Waals surface area contributed by atoms with Gasteiger partial charge in [-0.05, 0) is 30.7 Å². The van der Waals surface area contributed by atoms with Crippen molar-refractivity contribution in [1.29, 1.82) is 0 Å². The number of anilines is 1. The number of hydrogen-bond donors (Lipinski definition) is 1. The number of nitrogens with one attached hydrogen (secondary N) is 1. The van der Waals surface area contributed by atoms with Crippen molar-refractivity contribution in [3.63, 3.8) is 0 Å². The average molecular weight is 331 g/mol. The Morgan fingerprint density at radius 3 is 2.71 bits per heavy atom. The van der Waals surface area contributed by atoms with E-state index in [4.69, 9.17) is 4.74 Å². The molecule has 0 bridgehead atoms. The fourth-order valence-corrected chi connectivity index (χ4v) is 1.90. The molecule has 0 spiro atoms. The van der Waals surface area contributed by atoms with E-state index in [2.05, 4.69) is 5.32 Å². The Kier molecular flexibility index (Phi) is 5.78. The third-order valence-corrected chi connectivity index (χ3v) is 3.00. The molecule has 24 heavy (non-hydrogen) atoms. The van der Waals surface area contributed by atoms with Crippen molar-refractivity contribution in [2.75, 3.05) is 11.9 Å². The highest BCUT2D eigenvalue weighted by molar-refractivity contribution is 5.94. The summed E-state index contributed by atoms with van der Waals surface area (Å²) < 4.78 is 31.1. The molecule has 0 aromatic heterocycles. The topological polar surface area (TPSA) is 55.4 Å². The Balaban J connectivity index is 1.85. The van der Waals surface area contributed by atoms with E-state index in [9.17, 15) is 18.4 Å². The monoisotopic (exact) mass is 331 g/mol. The second kappa shape index (κ2) is 8.01. The van der Waals surface area contributed by atoms with E-state index >= 15 is 0 Å². The maximum Gasteiger partial charge on any atom is 0.331 e. The molecule has 0 fully saturated rings. The maximum atomic E-state index is 13.4. The van der Waals surface area contributed by atoms with E-state index in [1.807, 2.05) is 31.2 Å². The van der Waals surface area contributed by atoms with E-state index in [0.29, 0.717) is 0 Å². The molecule has 0 atom stereocenters. The quantitative estimate of drug-likeness (QED) is 0.674. The van der Waals surface area contributed by atoms with Gasteiger partial charge in [0.25, 0.3) is 5.91 Å². The Labute approximate surface area is 137 Å². The zero-order chi connectivity index (χ0) is 17.5. The van der Waals surface area contributed by atoms with E-state index in [0.717, 1.165) is 29.3 Å². The second-order valence-corrected chi connectivity index (χ2v) is 5.03. The molecule has 0 unspecified atom stereocenters. The molecule has 0 saturated heterocycles. The number of halogens is 2. The Hall–Kier alpha value is -3.02. The van der Waals surface area contributed by atoms with Crippen LogP contribution in [0, 0.1) is 18.6 Å². The highest BCUT2D eigenvalue weighted by Gasteiger charge is 2.10. The summed E-state index contributed by atoms with van der Waals surface area (Å²) in [6, 6.07) is 10.1. The number of ether oxygens (including phenoxy) is 1. The van der Waals surface area contributed by atoms with Crippen LogP contribution in [0.5, 0.6) is 0 Å². The van der Waals surface area contributed by atoms with Crippen molar-refractivity contribution in [3.05, 3.63) is 71.3 Å². The van der Waals surface area contributed by atoms with Crippen LogP contribution in [-0.2, 0) is 14.3 Å². The van der Waals surface area contributed by atoms with Crippen LogP contribution < -0.4 is 5.32 Å². The molecule has 2 aromatic carbocycles. The number of carbonyl (C=O) groups is 2. The van der Waals surface area contributed by atoms with Gasteiger partial charge in [0, 0.05) is 12.1 Å². The minimum atomic E-state index is -0.782. The van der Waals surface area contributed by atoms with Gasteiger partial charge in [-0.3, -0.25) is 4.79 Å². The molecule has 4 nitrogen and oxygen atoms in total. The molecule has 6 heteroatoms. The summed E-state index contributed by atoms with van der Waals surface area (Å²) in [5.74, 6) is -2.96. The standard InChI is InChI=1S/C18H15F2NO3/c1-12-3-2-4-13(9-12)5-8-18(23)24-11-17(22)21-16-10-14(19)6-7-15(16)20/h2-10H,11H2,1H3,(H,21,22)/b8-5+. The number of rotatable bonds is 5. The predicted molar refractivity (Wildman–Crippen MR) is 86.2 cm³/mol. The van der Waals surface area contributed by atoms with Crippen LogP contribution >= 0.6 is 0 Å². The van der Waals surface area contributed by atoms with Gasteiger partial charge >= 0.3 is 5.97 Å². The van der Waals surface area contributed by atoms with Gasteiger partial charge in [0.1, 0.15) is 11.6 Å². The number of aryl methyl sites for hydroxylation is 1. The summed E-state index contributed by atoms with van der Waals surface area (Å²) in [5, 5.41) is 2.13. The average Bonchev–Trinajstić information content (AvgIpc) is 2.54. The molecule has 0 aliphatic rings. The zero-order valence-electron chi connectivity index (χ0n) is 12.9. The highest BCUT2D eigenvalue weighted by atomic mass is 19.1. The third kappa shape index (κ3) is 5.31. The largest absolute Gasteiger partial charge is 0.452 e. The van der Waals surface area contributed by atoms with Gasteiger partial charge in [-0.15, -0.1) is 0 Å². The molecule has 0 aliphatic carbocycles. The van der Waals surface area contributed by atoms with Crippen LogP contribution in [0.15, 0.2) is 48.5 Å². The lowest BCUT2D eigenvalue weighted by Gasteiger charge is -2.06. The summed E-state index contributed by atoms with van der Waals surface area (Å²) in [6.07, 6.45) is 2.74. The van der Waals surface area contributed by atoms with E-state index < -0.39 is 30.1 Å². The first-order valence-corrected chi connectivity index (χ1v) is 7.10. The summed E-state index contributed by atoms with van der Waals surface area (Å²) in [6.45, 7) is 1.32. The van der Waals surface area contributed by atoms with Crippen LogP contribution in [0.2, 0.25) is 0 Å².